The van der Waals surface area contributed by atoms with E-state index >= 15 is 0 Å². The normalized spacial score (nSPS) is 16.6. The molecular formula is C40H48N5O10P. The third kappa shape index (κ3) is 9.47. The minimum absolute atomic E-state index is 0.0441. The van der Waals surface area contributed by atoms with E-state index in [2.05, 4.69) is 15.6 Å². The number of pyridine rings is 1. The Balaban J connectivity index is 1.59. The summed E-state index contributed by atoms with van der Waals surface area (Å²) in [7, 11) is -2.22. The van der Waals surface area contributed by atoms with Crippen LogP contribution in [0.5, 0.6) is 0 Å². The van der Waals surface area contributed by atoms with Crippen LogP contribution in [-0.4, -0.2) is 71.6 Å². The maximum absolute atomic E-state index is 14.6. The van der Waals surface area contributed by atoms with Gasteiger partial charge in [0.25, 0.3) is 0 Å². The number of nitrogens with zero attached hydrogens (tertiary/aromatic N) is 3. The van der Waals surface area contributed by atoms with E-state index in [1.54, 1.807) is 84.1 Å². The van der Waals surface area contributed by atoms with Crippen molar-refractivity contribution in [3.05, 3.63) is 89.1 Å². The molecule has 0 fully saturated rings. The first-order valence-electron chi connectivity index (χ1n) is 18.2. The van der Waals surface area contributed by atoms with Crippen LogP contribution in [0.25, 0.3) is 10.8 Å². The molecule has 1 aromatic heterocycles. The molecule has 3 aromatic carbocycles. The Hall–Kier alpha value is -5.50. The number of carbonyl (C=O) groups is 4. The van der Waals surface area contributed by atoms with Gasteiger partial charge in [-0.05, 0) is 112 Å². The number of hydrogen-bond donors (Lipinski definition) is 3. The van der Waals surface area contributed by atoms with Gasteiger partial charge >= 0.3 is 25.9 Å². The quantitative estimate of drug-likeness (QED) is 0.145. The van der Waals surface area contributed by atoms with Crippen molar-refractivity contribution in [2.24, 2.45) is 0 Å². The second kappa shape index (κ2) is 17.1. The van der Waals surface area contributed by atoms with Gasteiger partial charge in [0.1, 0.15) is 11.6 Å². The lowest BCUT2D eigenvalue weighted by atomic mass is 9.93. The maximum Gasteiger partial charge on any atom is 0.425 e. The molecule has 2 aliphatic rings. The number of hydrogen-bond acceptors (Lipinski definition) is 11. The number of nitrogens with one attached hydrogen (secondary N) is 2. The highest BCUT2D eigenvalue weighted by Crippen LogP contribution is 2.48. The number of carbonyl (C=O) groups excluding carboxylic acids is 3. The molecular weight excluding hydrogens is 741 g/mol. The van der Waals surface area contributed by atoms with Crippen molar-refractivity contribution in [2.45, 2.75) is 72.6 Å². The van der Waals surface area contributed by atoms with Gasteiger partial charge in [0.2, 0.25) is 5.91 Å². The smallest absolute Gasteiger partial charge is 0.425 e. The van der Waals surface area contributed by atoms with Crippen molar-refractivity contribution in [1.29, 1.82) is 0 Å². The summed E-state index contributed by atoms with van der Waals surface area (Å²) in [5, 5.41) is 17.3. The number of aryl methyl sites for hydroxylation is 1. The fourth-order valence-corrected chi connectivity index (χ4v) is 8.23. The van der Waals surface area contributed by atoms with Crippen LogP contribution in [0, 0.1) is 6.92 Å². The van der Waals surface area contributed by atoms with Crippen LogP contribution in [0.15, 0.2) is 66.9 Å². The highest BCUT2D eigenvalue weighted by molar-refractivity contribution is 7.62. The molecule has 2 aliphatic heterocycles. The molecule has 1 unspecified atom stereocenters. The van der Waals surface area contributed by atoms with Crippen LogP contribution in [0.2, 0.25) is 0 Å². The molecule has 0 saturated heterocycles. The Morgan fingerprint density at radius 2 is 1.77 bits per heavy atom. The minimum atomic E-state index is -3.84. The van der Waals surface area contributed by atoms with E-state index in [1.165, 1.54) is 11.1 Å². The molecule has 298 valence electrons. The van der Waals surface area contributed by atoms with Crippen molar-refractivity contribution < 1.29 is 47.4 Å². The monoisotopic (exact) mass is 789 g/mol. The van der Waals surface area contributed by atoms with Crippen LogP contribution in [-0.2, 0) is 34.4 Å². The maximum atomic E-state index is 14.6. The van der Waals surface area contributed by atoms with Crippen LogP contribution in [0.1, 0.15) is 75.8 Å². The average Bonchev–Trinajstić information content (AvgIpc) is 3.11. The molecule has 0 saturated carbocycles. The van der Waals surface area contributed by atoms with Crippen molar-refractivity contribution in [3.63, 3.8) is 0 Å². The van der Waals surface area contributed by atoms with Crippen molar-refractivity contribution in [1.82, 2.24) is 9.88 Å². The fourth-order valence-electron chi connectivity index (χ4n) is 6.45. The zero-order chi connectivity index (χ0) is 40.9. The fraction of sp³-hybridized carbons (Fsp3) is 0.375. The van der Waals surface area contributed by atoms with E-state index in [0.29, 0.717) is 38.2 Å². The lowest BCUT2D eigenvalue weighted by Gasteiger charge is -2.29. The first-order chi connectivity index (χ1) is 26.4. The summed E-state index contributed by atoms with van der Waals surface area (Å²) in [6.07, 6.45) is -1.93. The molecule has 4 aromatic rings. The molecule has 3 heterocycles. The predicted molar refractivity (Wildman–Crippen MR) is 213 cm³/mol. The van der Waals surface area contributed by atoms with Crippen molar-refractivity contribution in [3.8, 4) is 0 Å². The zero-order valence-corrected chi connectivity index (χ0v) is 33.6. The van der Waals surface area contributed by atoms with E-state index in [0.717, 1.165) is 11.1 Å². The number of amides is 4. The number of rotatable bonds is 8. The Labute approximate surface area is 325 Å². The summed E-state index contributed by atoms with van der Waals surface area (Å²) in [6.45, 7) is 12.4. The lowest BCUT2D eigenvalue weighted by molar-refractivity contribution is -0.131. The van der Waals surface area contributed by atoms with Crippen molar-refractivity contribution in [2.75, 3.05) is 42.4 Å². The third-order valence-electron chi connectivity index (χ3n) is 8.91. The van der Waals surface area contributed by atoms with Gasteiger partial charge in [0, 0.05) is 42.5 Å². The largest absolute Gasteiger partial charge is 0.464 e. The lowest BCUT2D eigenvalue weighted by Crippen LogP contribution is -2.40. The van der Waals surface area contributed by atoms with E-state index in [4.69, 9.17) is 18.5 Å². The van der Waals surface area contributed by atoms with Gasteiger partial charge in [-0.1, -0.05) is 25.1 Å². The molecule has 3 N–H and O–H groups in total. The molecule has 2 atom stereocenters. The van der Waals surface area contributed by atoms with E-state index in [-0.39, 0.29) is 49.3 Å². The topological polar surface area (TPSA) is 186 Å². The van der Waals surface area contributed by atoms with Gasteiger partial charge in [-0.15, -0.1) is 0 Å². The SMILES string of the molecule is CCOP(=O)(OCC)c1ccc2cc1CN(C)C(=O)C(Nc1ccc3c(N(C(=O)O)C(=O)OC(C)(C)C)nccc3c1)c1ccc(c(C)c1)[C@@H](C)COC(=O)N2. The number of benzene rings is 3. The number of fused-ring (bicyclic) bond motifs is 10. The number of imide groups is 1. The van der Waals surface area contributed by atoms with Crippen LogP contribution < -0.4 is 20.8 Å². The number of aromatic nitrogens is 1. The van der Waals surface area contributed by atoms with Crippen LogP contribution in [0.4, 0.5) is 31.6 Å². The van der Waals surface area contributed by atoms with Gasteiger partial charge in [0.15, 0.2) is 5.82 Å². The first-order valence-corrected chi connectivity index (χ1v) is 19.7. The molecule has 4 amide bonds. The van der Waals surface area contributed by atoms with Gasteiger partial charge < -0.3 is 33.8 Å². The van der Waals surface area contributed by atoms with Crippen molar-refractivity contribution >= 4 is 65.1 Å². The van der Waals surface area contributed by atoms with Gasteiger partial charge in [0.05, 0.1) is 25.1 Å². The van der Waals surface area contributed by atoms with Gasteiger partial charge in [-0.25, -0.2) is 19.4 Å². The van der Waals surface area contributed by atoms with Gasteiger partial charge in [-0.2, -0.15) is 4.90 Å². The number of ether oxygens (including phenoxy) is 2. The summed E-state index contributed by atoms with van der Waals surface area (Å²) < 4.78 is 36.3. The van der Waals surface area contributed by atoms with Gasteiger partial charge in [-0.3, -0.25) is 14.7 Å². The zero-order valence-electron chi connectivity index (χ0n) is 32.7. The number of anilines is 3. The molecule has 15 nitrogen and oxygen atoms in total. The molecule has 16 heteroatoms. The number of carboxylic acid groups (broad SMARTS) is 1. The van der Waals surface area contributed by atoms with E-state index < -0.39 is 37.5 Å². The molecule has 4 bridgehead atoms. The predicted octanol–water partition coefficient (Wildman–Crippen LogP) is 8.33. The Morgan fingerprint density at radius 1 is 1.05 bits per heavy atom. The molecule has 0 spiro atoms. The summed E-state index contributed by atoms with van der Waals surface area (Å²) in [4.78, 5) is 58.9. The summed E-state index contributed by atoms with van der Waals surface area (Å²) in [5.74, 6) is -0.657. The second-order valence-electron chi connectivity index (χ2n) is 14.4. The Morgan fingerprint density at radius 3 is 2.41 bits per heavy atom. The Kier molecular flexibility index (Phi) is 12.7. The summed E-state index contributed by atoms with van der Waals surface area (Å²) >= 11 is 0. The summed E-state index contributed by atoms with van der Waals surface area (Å²) in [6, 6.07) is 16.1. The minimum Gasteiger partial charge on any atom is -0.464 e. The first kappa shape index (κ1) is 41.7. The van der Waals surface area contributed by atoms with Crippen LogP contribution in [0.3, 0.4) is 0 Å². The average molecular weight is 790 g/mol. The van der Waals surface area contributed by atoms with Crippen LogP contribution >= 0.6 is 7.60 Å². The molecule has 0 aliphatic carbocycles. The third-order valence-corrected chi connectivity index (χ3v) is 11.1. The molecule has 6 rings (SSSR count). The van der Waals surface area contributed by atoms with E-state index in [1.807, 2.05) is 32.0 Å². The standard InChI is InChI=1S/C40H48N5O10P/c1-9-53-56(51,54-10-2)33-16-13-30-21-28(33)22-44(8)36(46)34(27-11-14-31(24(3)19-27)25(4)23-52-37(47)43-30)42-29-12-15-32-26(20-29)17-18-41-35(32)45(38(48)49)39(50)55-40(5,6)7/h11-21,25,34,42H,9-10,22-23H2,1-8H3,(H,43,47)(H,48,49)/t25-,34?/m0/s1. The highest BCUT2D eigenvalue weighted by atomic mass is 31.2. The highest BCUT2D eigenvalue weighted by Gasteiger charge is 2.34. The number of likely N-dealkylation sites (N-methyl/N-ethyl adjacent to an activating group) is 1. The molecule has 0 radical (unpaired) electrons. The molecule has 56 heavy (non-hydrogen) atoms. The summed E-state index contributed by atoms with van der Waals surface area (Å²) in [5.41, 5.74) is 2.80. The van der Waals surface area contributed by atoms with E-state index in [9.17, 15) is 28.8 Å². The Bertz CT molecular complexity index is 2180. The second-order valence-corrected chi connectivity index (χ2v) is 16.4.